The highest BCUT2D eigenvalue weighted by molar-refractivity contribution is 6.34. The maximum Gasteiger partial charge on any atom is 0.307 e. The van der Waals surface area contributed by atoms with E-state index >= 15 is 0 Å². The van der Waals surface area contributed by atoms with Gasteiger partial charge in [-0.3, -0.25) is 9.48 Å². The van der Waals surface area contributed by atoms with Crippen molar-refractivity contribution >= 4 is 28.5 Å². The third-order valence-electron chi connectivity index (χ3n) is 2.46. The number of hydrogen-bond donors (Lipinski definition) is 1. The van der Waals surface area contributed by atoms with E-state index in [4.69, 9.17) is 16.7 Å². The van der Waals surface area contributed by atoms with Gasteiger partial charge in [0.2, 0.25) is 0 Å². The summed E-state index contributed by atoms with van der Waals surface area (Å²) < 4.78 is 1.77. The van der Waals surface area contributed by atoms with Crippen LogP contribution >= 0.6 is 11.6 Å². The molecular weight excluding hydrogens is 228 g/mol. The molecule has 2 aromatic rings. The largest absolute Gasteiger partial charge is 0.481 e. The molecule has 0 aliphatic carbocycles. The van der Waals surface area contributed by atoms with Gasteiger partial charge in [0.25, 0.3) is 0 Å². The summed E-state index contributed by atoms with van der Waals surface area (Å²) in [6.07, 6.45) is -0.0353. The quantitative estimate of drug-likeness (QED) is 0.893. The minimum Gasteiger partial charge on any atom is -0.481 e. The van der Waals surface area contributed by atoms with E-state index in [-0.39, 0.29) is 6.42 Å². The van der Waals surface area contributed by atoms with Crippen LogP contribution in [0.3, 0.4) is 0 Å². The second kappa shape index (κ2) is 4.14. The minimum atomic E-state index is -0.868. The first kappa shape index (κ1) is 11.0. The van der Waals surface area contributed by atoms with Crippen molar-refractivity contribution in [2.45, 2.75) is 19.9 Å². The number of carbonyl (C=O) groups is 1. The molecule has 1 aromatic heterocycles. The Morgan fingerprint density at radius 1 is 1.56 bits per heavy atom. The van der Waals surface area contributed by atoms with E-state index in [0.717, 1.165) is 10.9 Å². The Morgan fingerprint density at radius 3 is 2.94 bits per heavy atom. The number of nitrogens with zero attached hydrogens (tertiary/aromatic N) is 2. The number of carboxylic acids is 1. The standard InChI is InChI=1S/C11H11ClN2O2/c1-2-14-8-5-3-4-7(6-9(15)16)10(8)11(12)13-14/h3-5H,2,6H2,1H3,(H,15,16). The van der Waals surface area contributed by atoms with E-state index in [1.54, 1.807) is 10.7 Å². The first-order valence-corrected chi connectivity index (χ1v) is 5.37. The van der Waals surface area contributed by atoms with Crippen molar-refractivity contribution in [2.75, 3.05) is 0 Å². The van der Waals surface area contributed by atoms with Gasteiger partial charge in [-0.25, -0.2) is 0 Å². The van der Waals surface area contributed by atoms with Gasteiger partial charge in [-0.2, -0.15) is 5.10 Å². The van der Waals surface area contributed by atoms with Crippen LogP contribution in [0.15, 0.2) is 18.2 Å². The van der Waals surface area contributed by atoms with E-state index in [9.17, 15) is 4.79 Å². The average molecular weight is 239 g/mol. The van der Waals surface area contributed by atoms with Gasteiger partial charge in [-0.1, -0.05) is 23.7 Å². The van der Waals surface area contributed by atoms with Crippen LogP contribution < -0.4 is 0 Å². The third-order valence-corrected chi connectivity index (χ3v) is 2.73. The molecule has 2 rings (SSSR count). The highest BCUT2D eigenvalue weighted by Crippen LogP contribution is 2.26. The molecule has 0 saturated heterocycles. The number of rotatable bonds is 3. The number of aromatic nitrogens is 2. The van der Waals surface area contributed by atoms with Gasteiger partial charge in [-0.05, 0) is 18.6 Å². The van der Waals surface area contributed by atoms with Crippen molar-refractivity contribution in [3.8, 4) is 0 Å². The number of carboxylic acid groups (broad SMARTS) is 1. The Balaban J connectivity index is 2.67. The summed E-state index contributed by atoms with van der Waals surface area (Å²) in [5, 5.41) is 14.1. The van der Waals surface area contributed by atoms with Crippen LogP contribution in [0.5, 0.6) is 0 Å². The first-order chi connectivity index (χ1) is 7.63. The normalized spacial score (nSPS) is 10.9. The molecule has 4 nitrogen and oxygen atoms in total. The summed E-state index contributed by atoms with van der Waals surface area (Å²) in [6.45, 7) is 2.67. The molecule has 5 heteroatoms. The topological polar surface area (TPSA) is 55.1 Å². The van der Waals surface area contributed by atoms with E-state index in [1.807, 2.05) is 19.1 Å². The van der Waals surface area contributed by atoms with Crippen LogP contribution in [0.25, 0.3) is 10.9 Å². The molecule has 0 radical (unpaired) electrons. The fourth-order valence-electron chi connectivity index (χ4n) is 1.80. The molecule has 0 aliphatic heterocycles. The fraction of sp³-hybridized carbons (Fsp3) is 0.273. The van der Waals surface area contributed by atoms with Gasteiger partial charge in [0.05, 0.1) is 11.9 Å². The summed E-state index contributed by atoms with van der Waals surface area (Å²) in [5.41, 5.74) is 1.58. The second-order valence-electron chi connectivity index (χ2n) is 3.49. The minimum absolute atomic E-state index is 0.0353. The maximum absolute atomic E-state index is 10.7. The van der Waals surface area contributed by atoms with Gasteiger partial charge < -0.3 is 5.11 Å². The van der Waals surface area contributed by atoms with E-state index in [0.29, 0.717) is 17.3 Å². The predicted molar refractivity (Wildman–Crippen MR) is 61.8 cm³/mol. The molecule has 0 atom stereocenters. The molecule has 1 N–H and O–H groups in total. The molecule has 0 spiro atoms. The average Bonchev–Trinajstić information content (AvgIpc) is 2.56. The number of fused-ring (bicyclic) bond motifs is 1. The Kier molecular flexibility index (Phi) is 2.83. The summed E-state index contributed by atoms with van der Waals surface area (Å²) in [7, 11) is 0. The van der Waals surface area contributed by atoms with Gasteiger partial charge in [0.15, 0.2) is 5.15 Å². The molecule has 0 fully saturated rings. The lowest BCUT2D eigenvalue weighted by atomic mass is 10.1. The van der Waals surface area contributed by atoms with E-state index in [1.165, 1.54) is 0 Å². The van der Waals surface area contributed by atoms with E-state index < -0.39 is 5.97 Å². The molecule has 0 aliphatic rings. The van der Waals surface area contributed by atoms with Crippen molar-refractivity contribution in [3.05, 3.63) is 28.9 Å². The Morgan fingerprint density at radius 2 is 2.31 bits per heavy atom. The number of aryl methyl sites for hydroxylation is 1. The maximum atomic E-state index is 10.7. The molecule has 16 heavy (non-hydrogen) atoms. The SMILES string of the molecule is CCn1nc(Cl)c2c(CC(=O)O)cccc21. The molecule has 1 aromatic carbocycles. The molecule has 84 valence electrons. The van der Waals surface area contributed by atoms with Crippen molar-refractivity contribution in [1.82, 2.24) is 9.78 Å². The van der Waals surface area contributed by atoms with Crippen LogP contribution in [0.1, 0.15) is 12.5 Å². The number of hydrogen-bond acceptors (Lipinski definition) is 2. The summed E-state index contributed by atoms with van der Waals surface area (Å²) in [5.74, 6) is -0.868. The van der Waals surface area contributed by atoms with Gasteiger partial charge >= 0.3 is 5.97 Å². The molecule has 0 unspecified atom stereocenters. The van der Waals surface area contributed by atoms with Crippen LogP contribution in [0.2, 0.25) is 5.15 Å². The van der Waals surface area contributed by atoms with Crippen LogP contribution in [0.4, 0.5) is 0 Å². The predicted octanol–water partition coefficient (Wildman–Crippen LogP) is 2.34. The van der Waals surface area contributed by atoms with Crippen LogP contribution in [-0.4, -0.2) is 20.9 Å². The van der Waals surface area contributed by atoms with Gasteiger partial charge in [-0.15, -0.1) is 0 Å². The summed E-state index contributed by atoms with van der Waals surface area (Å²) in [4.78, 5) is 10.7. The summed E-state index contributed by atoms with van der Waals surface area (Å²) >= 11 is 6.02. The first-order valence-electron chi connectivity index (χ1n) is 4.99. The molecule has 1 heterocycles. The molecule has 0 saturated carbocycles. The molecule has 0 bridgehead atoms. The third kappa shape index (κ3) is 1.76. The molecule has 0 amide bonds. The lowest BCUT2D eigenvalue weighted by Gasteiger charge is -2.01. The highest BCUT2D eigenvalue weighted by Gasteiger charge is 2.13. The van der Waals surface area contributed by atoms with Crippen molar-refractivity contribution in [2.24, 2.45) is 0 Å². The van der Waals surface area contributed by atoms with Crippen LogP contribution in [-0.2, 0) is 17.8 Å². The Labute approximate surface area is 97.4 Å². The van der Waals surface area contributed by atoms with E-state index in [2.05, 4.69) is 5.10 Å². The number of aliphatic carboxylic acids is 1. The van der Waals surface area contributed by atoms with Crippen molar-refractivity contribution in [1.29, 1.82) is 0 Å². The van der Waals surface area contributed by atoms with Crippen molar-refractivity contribution < 1.29 is 9.90 Å². The number of halogens is 1. The monoisotopic (exact) mass is 238 g/mol. The Bertz CT molecular complexity index is 548. The fourth-order valence-corrected chi connectivity index (χ4v) is 2.11. The second-order valence-corrected chi connectivity index (χ2v) is 3.85. The highest BCUT2D eigenvalue weighted by atomic mass is 35.5. The molecular formula is C11H11ClN2O2. The zero-order valence-corrected chi connectivity index (χ0v) is 9.53. The van der Waals surface area contributed by atoms with Crippen LogP contribution in [0, 0.1) is 0 Å². The Hall–Kier alpha value is -1.55. The zero-order chi connectivity index (χ0) is 11.7. The van der Waals surface area contributed by atoms with Crippen molar-refractivity contribution in [3.63, 3.8) is 0 Å². The smallest absolute Gasteiger partial charge is 0.307 e. The zero-order valence-electron chi connectivity index (χ0n) is 8.77. The lowest BCUT2D eigenvalue weighted by molar-refractivity contribution is -0.136. The van der Waals surface area contributed by atoms with Gasteiger partial charge in [0, 0.05) is 11.9 Å². The number of benzene rings is 1. The van der Waals surface area contributed by atoms with Gasteiger partial charge in [0.1, 0.15) is 0 Å². The lowest BCUT2D eigenvalue weighted by Crippen LogP contribution is -2.00. The summed E-state index contributed by atoms with van der Waals surface area (Å²) in [6, 6.07) is 5.48.